The zero-order valence-electron chi connectivity index (χ0n) is 9.92. The Bertz CT molecular complexity index is 520. The van der Waals surface area contributed by atoms with Crippen molar-refractivity contribution in [3.8, 4) is 11.4 Å². The molecule has 4 nitrogen and oxygen atoms in total. The van der Waals surface area contributed by atoms with E-state index in [1.54, 1.807) is 0 Å². The van der Waals surface area contributed by atoms with Crippen molar-refractivity contribution in [2.24, 2.45) is 0 Å². The fourth-order valence-electron chi connectivity index (χ4n) is 2.31. The van der Waals surface area contributed by atoms with E-state index >= 15 is 0 Å². The standard InChI is InChI=1S/C13H14ClN3O/c14-13-16-15-12(10-5-2-1-3-6-10)17(13)11-7-4-8-18-9-11/h1-3,5-6,11H,4,7-9H2. The van der Waals surface area contributed by atoms with Crippen molar-refractivity contribution < 1.29 is 4.74 Å². The van der Waals surface area contributed by atoms with E-state index in [-0.39, 0.29) is 6.04 Å². The predicted octanol–water partition coefficient (Wildman–Crippen LogP) is 2.95. The molecule has 2 heterocycles. The summed E-state index contributed by atoms with van der Waals surface area (Å²) in [5.41, 5.74) is 1.03. The number of rotatable bonds is 2. The number of aromatic nitrogens is 3. The summed E-state index contributed by atoms with van der Waals surface area (Å²) in [5, 5.41) is 8.61. The number of ether oxygens (including phenoxy) is 1. The molecule has 0 amide bonds. The molecule has 0 radical (unpaired) electrons. The fraction of sp³-hybridized carbons (Fsp3) is 0.385. The van der Waals surface area contributed by atoms with Gasteiger partial charge in [-0.1, -0.05) is 30.3 Å². The molecule has 1 aliphatic rings. The van der Waals surface area contributed by atoms with Crippen LogP contribution in [0.15, 0.2) is 30.3 Å². The number of nitrogens with zero attached hydrogens (tertiary/aromatic N) is 3. The Balaban J connectivity index is 2.01. The molecule has 1 unspecified atom stereocenters. The molecule has 1 saturated heterocycles. The monoisotopic (exact) mass is 263 g/mol. The highest BCUT2D eigenvalue weighted by Gasteiger charge is 2.22. The Morgan fingerprint density at radius 3 is 2.78 bits per heavy atom. The summed E-state index contributed by atoms with van der Waals surface area (Å²) in [6.45, 7) is 1.51. The molecule has 1 aliphatic heterocycles. The van der Waals surface area contributed by atoms with Gasteiger partial charge in [0.05, 0.1) is 12.6 Å². The van der Waals surface area contributed by atoms with Crippen molar-refractivity contribution in [3.05, 3.63) is 35.6 Å². The molecule has 1 aromatic carbocycles. The van der Waals surface area contributed by atoms with Gasteiger partial charge in [-0.25, -0.2) is 0 Å². The van der Waals surface area contributed by atoms with Gasteiger partial charge in [-0.2, -0.15) is 0 Å². The Kier molecular flexibility index (Phi) is 3.30. The van der Waals surface area contributed by atoms with Gasteiger partial charge in [0, 0.05) is 12.2 Å². The molecule has 3 rings (SSSR count). The quantitative estimate of drug-likeness (QED) is 0.836. The van der Waals surface area contributed by atoms with E-state index in [4.69, 9.17) is 16.3 Å². The first-order chi connectivity index (χ1) is 8.86. The third-order valence-electron chi connectivity index (χ3n) is 3.19. The summed E-state index contributed by atoms with van der Waals surface area (Å²) in [5.74, 6) is 0.816. The zero-order valence-corrected chi connectivity index (χ0v) is 10.7. The third kappa shape index (κ3) is 2.13. The molecule has 1 atom stereocenters. The summed E-state index contributed by atoms with van der Waals surface area (Å²) >= 11 is 6.16. The van der Waals surface area contributed by atoms with Crippen LogP contribution >= 0.6 is 11.6 Å². The lowest BCUT2D eigenvalue weighted by Gasteiger charge is -2.24. The Morgan fingerprint density at radius 2 is 2.06 bits per heavy atom. The number of hydrogen-bond donors (Lipinski definition) is 0. The average molecular weight is 264 g/mol. The van der Waals surface area contributed by atoms with Gasteiger partial charge in [0.25, 0.3) is 0 Å². The minimum absolute atomic E-state index is 0.233. The Labute approximate surface area is 111 Å². The molecule has 18 heavy (non-hydrogen) atoms. The van der Waals surface area contributed by atoms with E-state index in [2.05, 4.69) is 10.2 Å². The molecule has 0 aliphatic carbocycles. The van der Waals surface area contributed by atoms with Crippen LogP contribution in [0.1, 0.15) is 18.9 Å². The van der Waals surface area contributed by atoms with Crippen molar-refractivity contribution in [1.29, 1.82) is 0 Å². The number of hydrogen-bond acceptors (Lipinski definition) is 3. The molecule has 0 saturated carbocycles. The lowest BCUT2D eigenvalue weighted by atomic mass is 10.1. The van der Waals surface area contributed by atoms with Crippen LogP contribution in [0.3, 0.4) is 0 Å². The summed E-state index contributed by atoms with van der Waals surface area (Å²) in [7, 11) is 0. The molecule has 0 bridgehead atoms. The minimum Gasteiger partial charge on any atom is -0.379 e. The van der Waals surface area contributed by atoms with E-state index < -0.39 is 0 Å². The van der Waals surface area contributed by atoms with Crippen molar-refractivity contribution in [2.45, 2.75) is 18.9 Å². The second-order valence-electron chi connectivity index (χ2n) is 4.40. The third-order valence-corrected chi connectivity index (χ3v) is 3.45. The van der Waals surface area contributed by atoms with Crippen molar-refractivity contribution in [3.63, 3.8) is 0 Å². The largest absolute Gasteiger partial charge is 0.379 e. The predicted molar refractivity (Wildman–Crippen MR) is 69.6 cm³/mol. The van der Waals surface area contributed by atoms with Crippen LogP contribution in [-0.4, -0.2) is 28.0 Å². The maximum atomic E-state index is 6.16. The Morgan fingerprint density at radius 1 is 1.22 bits per heavy atom. The second-order valence-corrected chi connectivity index (χ2v) is 4.74. The van der Waals surface area contributed by atoms with Crippen LogP contribution in [0.5, 0.6) is 0 Å². The first-order valence-corrected chi connectivity index (χ1v) is 6.47. The van der Waals surface area contributed by atoms with Gasteiger partial charge in [0.15, 0.2) is 5.82 Å². The van der Waals surface area contributed by atoms with E-state index in [0.717, 1.165) is 30.8 Å². The maximum Gasteiger partial charge on any atom is 0.225 e. The van der Waals surface area contributed by atoms with Gasteiger partial charge in [0.2, 0.25) is 5.28 Å². The van der Waals surface area contributed by atoms with Crippen LogP contribution < -0.4 is 0 Å². The molecule has 5 heteroatoms. The van der Waals surface area contributed by atoms with Gasteiger partial charge < -0.3 is 4.74 Å². The van der Waals surface area contributed by atoms with E-state index in [1.807, 2.05) is 34.9 Å². The normalized spacial score (nSPS) is 19.9. The second kappa shape index (κ2) is 5.08. The lowest BCUT2D eigenvalue weighted by molar-refractivity contribution is 0.0597. The van der Waals surface area contributed by atoms with Crippen LogP contribution in [-0.2, 0) is 4.74 Å². The summed E-state index contributed by atoms with van der Waals surface area (Å²) in [6, 6.07) is 10.2. The summed E-state index contributed by atoms with van der Waals surface area (Å²) < 4.78 is 7.50. The van der Waals surface area contributed by atoms with E-state index in [9.17, 15) is 0 Å². The molecule has 1 aromatic heterocycles. The first-order valence-electron chi connectivity index (χ1n) is 6.10. The van der Waals surface area contributed by atoms with Crippen LogP contribution in [0, 0.1) is 0 Å². The highest BCUT2D eigenvalue weighted by Crippen LogP contribution is 2.29. The minimum atomic E-state index is 0.233. The number of benzene rings is 1. The fourth-order valence-corrected chi connectivity index (χ4v) is 2.56. The van der Waals surface area contributed by atoms with Gasteiger partial charge in [-0.3, -0.25) is 4.57 Å². The zero-order chi connectivity index (χ0) is 12.4. The number of halogens is 1. The highest BCUT2D eigenvalue weighted by atomic mass is 35.5. The molecule has 0 spiro atoms. The molecular weight excluding hydrogens is 250 g/mol. The highest BCUT2D eigenvalue weighted by molar-refractivity contribution is 6.28. The Hall–Kier alpha value is -1.39. The van der Waals surface area contributed by atoms with Crippen molar-refractivity contribution >= 4 is 11.6 Å². The van der Waals surface area contributed by atoms with Crippen molar-refractivity contribution in [2.75, 3.05) is 13.2 Å². The van der Waals surface area contributed by atoms with Gasteiger partial charge >= 0.3 is 0 Å². The lowest BCUT2D eigenvalue weighted by Crippen LogP contribution is -2.22. The van der Waals surface area contributed by atoms with Crippen LogP contribution in [0.2, 0.25) is 5.28 Å². The van der Waals surface area contributed by atoms with Gasteiger partial charge in [-0.15, -0.1) is 10.2 Å². The van der Waals surface area contributed by atoms with Gasteiger partial charge in [0.1, 0.15) is 0 Å². The van der Waals surface area contributed by atoms with Crippen LogP contribution in [0.4, 0.5) is 0 Å². The van der Waals surface area contributed by atoms with Gasteiger partial charge in [-0.05, 0) is 24.4 Å². The maximum absolute atomic E-state index is 6.16. The SMILES string of the molecule is Clc1nnc(-c2ccccc2)n1C1CCCOC1. The summed E-state index contributed by atoms with van der Waals surface area (Å²) in [4.78, 5) is 0. The molecule has 2 aromatic rings. The van der Waals surface area contributed by atoms with Crippen LogP contribution in [0.25, 0.3) is 11.4 Å². The molecule has 1 fully saturated rings. The first kappa shape index (κ1) is 11.7. The van der Waals surface area contributed by atoms with E-state index in [0.29, 0.717) is 11.9 Å². The summed E-state index contributed by atoms with van der Waals surface area (Å²) in [6.07, 6.45) is 2.10. The van der Waals surface area contributed by atoms with Crippen molar-refractivity contribution in [1.82, 2.24) is 14.8 Å². The average Bonchev–Trinajstić information content (AvgIpc) is 2.83. The molecular formula is C13H14ClN3O. The van der Waals surface area contributed by atoms with E-state index in [1.165, 1.54) is 0 Å². The smallest absolute Gasteiger partial charge is 0.225 e. The molecule has 94 valence electrons. The molecule has 0 N–H and O–H groups in total. The topological polar surface area (TPSA) is 39.9 Å².